The standard InChI is InChI=1S/C25H33F3N2O/c1-4-5-15-30-16-14-24(19-6-10-22(11-7-19)29(2)3)20(17-30)18-31-23-12-8-21(9-13-23)25(26,27)28/h6-13,20,24H,4-5,14-18H2,1-3H3/t20-,24-/m0/s1. The Labute approximate surface area is 183 Å². The number of halogens is 3. The lowest BCUT2D eigenvalue weighted by molar-refractivity contribution is -0.137. The van der Waals surface area contributed by atoms with E-state index >= 15 is 0 Å². The van der Waals surface area contributed by atoms with Crippen molar-refractivity contribution in [1.82, 2.24) is 4.90 Å². The summed E-state index contributed by atoms with van der Waals surface area (Å²) in [6, 6.07) is 13.7. The highest BCUT2D eigenvalue weighted by atomic mass is 19.4. The molecule has 170 valence electrons. The fourth-order valence-corrected chi connectivity index (χ4v) is 4.26. The second kappa shape index (κ2) is 10.4. The molecule has 0 bridgehead atoms. The molecule has 0 saturated carbocycles. The fourth-order valence-electron chi connectivity index (χ4n) is 4.26. The van der Waals surface area contributed by atoms with Crippen LogP contribution in [0.2, 0.25) is 0 Å². The van der Waals surface area contributed by atoms with E-state index in [0.717, 1.165) is 38.2 Å². The van der Waals surface area contributed by atoms with Gasteiger partial charge in [-0.2, -0.15) is 13.2 Å². The molecule has 2 aromatic rings. The number of unbranched alkanes of at least 4 members (excludes halogenated alkanes) is 1. The Morgan fingerprint density at radius 1 is 1.03 bits per heavy atom. The molecule has 0 aliphatic carbocycles. The molecule has 3 rings (SSSR count). The Morgan fingerprint density at radius 3 is 2.29 bits per heavy atom. The van der Waals surface area contributed by atoms with Gasteiger partial charge in [0.25, 0.3) is 0 Å². The molecule has 2 aromatic carbocycles. The van der Waals surface area contributed by atoms with E-state index < -0.39 is 11.7 Å². The van der Waals surface area contributed by atoms with Crippen LogP contribution >= 0.6 is 0 Å². The second-order valence-corrected chi connectivity index (χ2v) is 8.63. The summed E-state index contributed by atoms with van der Waals surface area (Å²) in [4.78, 5) is 4.58. The maximum atomic E-state index is 12.8. The average molecular weight is 435 g/mol. The van der Waals surface area contributed by atoms with Crippen LogP contribution in [0.5, 0.6) is 5.75 Å². The highest BCUT2D eigenvalue weighted by molar-refractivity contribution is 5.46. The topological polar surface area (TPSA) is 15.7 Å². The van der Waals surface area contributed by atoms with Crippen LogP contribution in [0.3, 0.4) is 0 Å². The van der Waals surface area contributed by atoms with E-state index in [1.165, 1.54) is 36.2 Å². The van der Waals surface area contributed by atoms with Crippen molar-refractivity contribution in [3.05, 3.63) is 59.7 Å². The normalized spacial score (nSPS) is 19.9. The molecular weight excluding hydrogens is 401 g/mol. The second-order valence-electron chi connectivity index (χ2n) is 8.63. The Balaban J connectivity index is 1.71. The van der Waals surface area contributed by atoms with E-state index in [9.17, 15) is 13.2 Å². The highest BCUT2D eigenvalue weighted by Gasteiger charge is 2.32. The van der Waals surface area contributed by atoms with Crippen LogP contribution < -0.4 is 9.64 Å². The summed E-state index contributed by atoms with van der Waals surface area (Å²) < 4.78 is 44.4. The van der Waals surface area contributed by atoms with E-state index in [0.29, 0.717) is 18.3 Å². The van der Waals surface area contributed by atoms with Gasteiger partial charge in [0, 0.05) is 32.2 Å². The maximum absolute atomic E-state index is 12.8. The molecule has 1 aliphatic rings. The van der Waals surface area contributed by atoms with Crippen LogP contribution in [0.15, 0.2) is 48.5 Å². The van der Waals surface area contributed by atoms with E-state index in [2.05, 4.69) is 41.0 Å². The van der Waals surface area contributed by atoms with Crippen LogP contribution in [0.4, 0.5) is 18.9 Å². The van der Waals surface area contributed by atoms with Crippen LogP contribution in [-0.4, -0.2) is 45.2 Å². The summed E-state index contributed by atoms with van der Waals surface area (Å²) >= 11 is 0. The van der Waals surface area contributed by atoms with Gasteiger partial charge in [0.05, 0.1) is 12.2 Å². The molecule has 1 fully saturated rings. The van der Waals surface area contributed by atoms with Gasteiger partial charge in [-0.1, -0.05) is 25.5 Å². The summed E-state index contributed by atoms with van der Waals surface area (Å²) in [6.45, 7) is 5.79. The molecule has 0 amide bonds. The molecule has 0 radical (unpaired) electrons. The first-order chi connectivity index (χ1) is 14.8. The summed E-state index contributed by atoms with van der Waals surface area (Å²) in [7, 11) is 4.06. The number of benzene rings is 2. The largest absolute Gasteiger partial charge is 0.493 e. The predicted octanol–water partition coefficient (Wildman–Crippen LogP) is 6.06. The van der Waals surface area contributed by atoms with E-state index in [4.69, 9.17) is 4.74 Å². The first-order valence-corrected chi connectivity index (χ1v) is 11.1. The third kappa shape index (κ3) is 6.39. The molecule has 0 unspecified atom stereocenters. The van der Waals surface area contributed by atoms with Crippen molar-refractivity contribution in [3.63, 3.8) is 0 Å². The number of alkyl halides is 3. The Kier molecular flexibility index (Phi) is 7.87. The molecule has 1 aliphatic heterocycles. The quantitative estimate of drug-likeness (QED) is 0.503. The van der Waals surface area contributed by atoms with E-state index in [1.807, 2.05) is 14.1 Å². The Morgan fingerprint density at radius 2 is 1.71 bits per heavy atom. The minimum absolute atomic E-state index is 0.290. The zero-order valence-corrected chi connectivity index (χ0v) is 18.7. The van der Waals surface area contributed by atoms with Crippen LogP contribution in [-0.2, 0) is 6.18 Å². The number of anilines is 1. The van der Waals surface area contributed by atoms with Crippen LogP contribution in [0.25, 0.3) is 0 Å². The van der Waals surface area contributed by atoms with Crippen LogP contribution in [0.1, 0.15) is 43.2 Å². The van der Waals surface area contributed by atoms with Crippen molar-refractivity contribution >= 4 is 5.69 Å². The number of rotatable bonds is 8. The summed E-state index contributed by atoms with van der Waals surface area (Å²) in [5.74, 6) is 1.15. The third-order valence-corrected chi connectivity index (χ3v) is 6.13. The SMILES string of the molecule is CCCCN1CC[C@@H](c2ccc(N(C)C)cc2)[C@H](COc2ccc(C(F)(F)F)cc2)C1. The molecule has 0 aromatic heterocycles. The van der Waals surface area contributed by atoms with E-state index in [1.54, 1.807) is 0 Å². The molecule has 0 spiro atoms. The first-order valence-electron chi connectivity index (χ1n) is 11.1. The molecule has 1 saturated heterocycles. The van der Waals surface area contributed by atoms with Crippen molar-refractivity contribution in [1.29, 1.82) is 0 Å². The van der Waals surface area contributed by atoms with Gasteiger partial charge < -0.3 is 14.5 Å². The highest BCUT2D eigenvalue weighted by Crippen LogP contribution is 2.35. The van der Waals surface area contributed by atoms with Gasteiger partial charge in [0.2, 0.25) is 0 Å². The monoisotopic (exact) mass is 434 g/mol. The van der Waals surface area contributed by atoms with Gasteiger partial charge >= 0.3 is 6.18 Å². The Hall–Kier alpha value is -2.21. The van der Waals surface area contributed by atoms with Crippen molar-refractivity contribution in [2.75, 3.05) is 45.2 Å². The number of ether oxygens (including phenoxy) is 1. The average Bonchev–Trinajstić information content (AvgIpc) is 2.76. The minimum atomic E-state index is -4.33. The predicted molar refractivity (Wildman–Crippen MR) is 120 cm³/mol. The lowest BCUT2D eigenvalue weighted by Crippen LogP contribution is -2.42. The molecular formula is C25H33F3N2O. The number of hydrogen-bond donors (Lipinski definition) is 0. The minimum Gasteiger partial charge on any atom is -0.493 e. The van der Waals surface area contributed by atoms with Crippen molar-refractivity contribution in [2.45, 2.75) is 38.3 Å². The molecule has 1 heterocycles. The summed E-state index contributed by atoms with van der Waals surface area (Å²) in [6.07, 6.45) is -0.926. The number of hydrogen-bond acceptors (Lipinski definition) is 3. The molecule has 0 N–H and O–H groups in total. The summed E-state index contributed by atoms with van der Waals surface area (Å²) in [5, 5.41) is 0. The van der Waals surface area contributed by atoms with Gasteiger partial charge in [0.1, 0.15) is 5.75 Å². The summed E-state index contributed by atoms with van der Waals surface area (Å²) in [5.41, 5.74) is 1.82. The van der Waals surface area contributed by atoms with Gasteiger partial charge in [-0.3, -0.25) is 0 Å². The lowest BCUT2D eigenvalue weighted by Gasteiger charge is -2.39. The van der Waals surface area contributed by atoms with E-state index in [-0.39, 0.29) is 5.92 Å². The number of likely N-dealkylation sites (tertiary alicyclic amines) is 1. The molecule has 6 heteroatoms. The first kappa shape index (κ1) is 23.5. The van der Waals surface area contributed by atoms with Crippen molar-refractivity contribution < 1.29 is 17.9 Å². The van der Waals surface area contributed by atoms with Crippen LogP contribution in [0, 0.1) is 5.92 Å². The van der Waals surface area contributed by atoms with Gasteiger partial charge in [-0.05, 0) is 73.8 Å². The molecule has 31 heavy (non-hydrogen) atoms. The number of nitrogens with zero attached hydrogens (tertiary/aromatic N) is 2. The number of piperidine rings is 1. The van der Waals surface area contributed by atoms with Crippen molar-refractivity contribution in [3.8, 4) is 5.75 Å². The Bertz CT molecular complexity index is 803. The fraction of sp³-hybridized carbons (Fsp3) is 0.520. The zero-order valence-electron chi connectivity index (χ0n) is 18.7. The maximum Gasteiger partial charge on any atom is 0.416 e. The third-order valence-electron chi connectivity index (χ3n) is 6.13. The molecule has 3 nitrogen and oxygen atoms in total. The smallest absolute Gasteiger partial charge is 0.416 e. The van der Waals surface area contributed by atoms with Gasteiger partial charge in [-0.15, -0.1) is 0 Å². The molecule has 2 atom stereocenters. The zero-order chi connectivity index (χ0) is 22.4. The van der Waals surface area contributed by atoms with Gasteiger partial charge in [-0.25, -0.2) is 0 Å². The van der Waals surface area contributed by atoms with Crippen molar-refractivity contribution in [2.24, 2.45) is 5.92 Å². The lowest BCUT2D eigenvalue weighted by atomic mass is 9.80. The van der Waals surface area contributed by atoms with Gasteiger partial charge in [0.15, 0.2) is 0 Å².